The number of aryl methyl sites for hydroxylation is 2. The molecule has 3 heterocycles. The van der Waals surface area contributed by atoms with Crippen molar-refractivity contribution in [3.63, 3.8) is 0 Å². The van der Waals surface area contributed by atoms with Crippen molar-refractivity contribution in [2.45, 2.75) is 26.8 Å². The number of ether oxygens (including phenoxy) is 1. The monoisotopic (exact) mass is 548 g/mol. The summed E-state index contributed by atoms with van der Waals surface area (Å²) in [6.45, 7) is 5.80. The molecule has 0 unspecified atom stereocenters. The van der Waals surface area contributed by atoms with Gasteiger partial charge < -0.3 is 15.0 Å². The van der Waals surface area contributed by atoms with E-state index in [2.05, 4.69) is 10.3 Å². The highest BCUT2D eigenvalue weighted by Crippen LogP contribution is 2.32. The Morgan fingerprint density at radius 1 is 1.07 bits per heavy atom. The summed E-state index contributed by atoms with van der Waals surface area (Å²) in [5, 5.41) is 4.10. The molecule has 0 spiro atoms. The zero-order chi connectivity index (χ0) is 28.0. The number of benzene rings is 3. The lowest BCUT2D eigenvalue weighted by Crippen LogP contribution is -2.40. The van der Waals surface area contributed by atoms with E-state index in [9.17, 15) is 9.59 Å². The normalized spacial score (nSPS) is 15.2. The molecule has 7 nitrogen and oxygen atoms in total. The number of aromatic nitrogens is 2. The Morgan fingerprint density at radius 2 is 1.85 bits per heavy atom. The molecule has 0 radical (unpaired) electrons. The molecule has 2 N–H and O–H groups in total. The average molecular weight is 549 g/mol. The molecule has 1 amide bonds. The molecule has 0 bridgehead atoms. The third-order valence-electron chi connectivity index (χ3n) is 7.24. The number of methoxy groups -OCH3 is 1. The van der Waals surface area contributed by atoms with Crippen LogP contribution in [0.5, 0.6) is 5.75 Å². The van der Waals surface area contributed by atoms with Gasteiger partial charge in [-0.1, -0.05) is 59.4 Å². The first kappa shape index (κ1) is 25.6. The minimum Gasteiger partial charge on any atom is -0.497 e. The van der Waals surface area contributed by atoms with Gasteiger partial charge in [-0.05, 0) is 62.2 Å². The number of H-pyrrole nitrogens is 1. The first-order valence-corrected chi connectivity index (χ1v) is 13.8. The van der Waals surface area contributed by atoms with Crippen molar-refractivity contribution in [2.24, 2.45) is 4.99 Å². The molecule has 40 heavy (non-hydrogen) atoms. The predicted molar refractivity (Wildman–Crippen MR) is 160 cm³/mol. The molecule has 8 heteroatoms. The summed E-state index contributed by atoms with van der Waals surface area (Å²) < 4.78 is 7.54. The van der Waals surface area contributed by atoms with Crippen molar-refractivity contribution in [2.75, 3.05) is 12.4 Å². The van der Waals surface area contributed by atoms with Crippen molar-refractivity contribution < 1.29 is 9.53 Å². The maximum absolute atomic E-state index is 14.0. The molecule has 5 aromatic rings. The zero-order valence-corrected chi connectivity index (χ0v) is 23.4. The first-order chi connectivity index (χ1) is 19.3. The summed E-state index contributed by atoms with van der Waals surface area (Å²) in [6.07, 6.45) is 3.79. The van der Waals surface area contributed by atoms with Gasteiger partial charge in [0.25, 0.3) is 11.5 Å². The molecule has 1 atom stereocenters. The van der Waals surface area contributed by atoms with E-state index in [4.69, 9.17) is 9.73 Å². The number of thiazole rings is 1. The Bertz CT molecular complexity index is 1990. The number of hydrogen-bond donors (Lipinski definition) is 2. The number of carbonyl (C=O) groups is 1. The third-order valence-corrected chi connectivity index (χ3v) is 8.22. The van der Waals surface area contributed by atoms with Gasteiger partial charge in [0.05, 0.1) is 29.0 Å². The lowest BCUT2D eigenvalue weighted by molar-refractivity contribution is -0.113. The number of amides is 1. The molecule has 1 aliphatic rings. The van der Waals surface area contributed by atoms with E-state index in [0.717, 1.165) is 38.8 Å². The smallest absolute Gasteiger partial charge is 0.271 e. The highest BCUT2D eigenvalue weighted by molar-refractivity contribution is 7.07. The number of allylic oxidation sites excluding steroid dienone is 1. The molecular weight excluding hydrogens is 520 g/mol. The van der Waals surface area contributed by atoms with Crippen LogP contribution < -0.4 is 24.9 Å². The molecule has 0 saturated heterocycles. The number of hydrogen-bond acceptors (Lipinski definition) is 5. The number of para-hydroxylation sites is 1. The van der Waals surface area contributed by atoms with E-state index < -0.39 is 6.04 Å². The van der Waals surface area contributed by atoms with E-state index in [1.54, 1.807) is 11.7 Å². The van der Waals surface area contributed by atoms with E-state index in [1.165, 1.54) is 11.3 Å². The molecule has 0 saturated carbocycles. The fraction of sp³-hybridized carbons (Fsp3) is 0.156. The van der Waals surface area contributed by atoms with Gasteiger partial charge in [-0.15, -0.1) is 0 Å². The second-order valence-electron chi connectivity index (χ2n) is 9.92. The van der Waals surface area contributed by atoms with Crippen LogP contribution in [0.4, 0.5) is 5.69 Å². The van der Waals surface area contributed by atoms with E-state index in [0.29, 0.717) is 26.4 Å². The summed E-state index contributed by atoms with van der Waals surface area (Å²) in [5.74, 6) is 0.400. The van der Waals surface area contributed by atoms with Crippen LogP contribution in [0.1, 0.15) is 35.2 Å². The number of carbonyl (C=O) groups excluding carboxylic acids is 1. The van der Waals surface area contributed by atoms with Crippen molar-refractivity contribution in [3.8, 4) is 5.75 Å². The van der Waals surface area contributed by atoms with Gasteiger partial charge in [-0.3, -0.25) is 14.2 Å². The Balaban J connectivity index is 1.51. The van der Waals surface area contributed by atoms with Crippen LogP contribution >= 0.6 is 11.3 Å². The Morgan fingerprint density at radius 3 is 2.60 bits per heavy atom. The topological polar surface area (TPSA) is 88.5 Å². The van der Waals surface area contributed by atoms with Crippen LogP contribution in [0.15, 0.2) is 94.0 Å². The summed E-state index contributed by atoms with van der Waals surface area (Å²) in [7, 11) is 1.61. The third kappa shape index (κ3) is 4.46. The second-order valence-corrected chi connectivity index (χ2v) is 10.9. The zero-order valence-electron chi connectivity index (χ0n) is 22.6. The summed E-state index contributed by atoms with van der Waals surface area (Å²) in [4.78, 5) is 36.4. The fourth-order valence-electron chi connectivity index (χ4n) is 5.21. The highest BCUT2D eigenvalue weighted by atomic mass is 32.1. The molecule has 1 aliphatic heterocycles. The maximum atomic E-state index is 14.0. The summed E-state index contributed by atoms with van der Waals surface area (Å²) in [5.41, 5.74) is 6.32. The molecular formula is C32H28N4O3S. The van der Waals surface area contributed by atoms with Crippen LogP contribution in [0.3, 0.4) is 0 Å². The second kappa shape index (κ2) is 10.1. The lowest BCUT2D eigenvalue weighted by atomic mass is 9.95. The fourth-order valence-corrected chi connectivity index (χ4v) is 6.25. The molecule has 0 fully saturated rings. The minimum atomic E-state index is -0.655. The van der Waals surface area contributed by atoms with Crippen LogP contribution in [-0.4, -0.2) is 22.6 Å². The molecule has 2 aromatic heterocycles. The molecule has 6 rings (SSSR count). The van der Waals surface area contributed by atoms with Crippen LogP contribution in [-0.2, 0) is 4.79 Å². The van der Waals surface area contributed by atoms with Crippen molar-refractivity contribution >= 4 is 39.9 Å². The standard InChI is InChI=1S/C32H28N4O3S/c1-18-9-14-25(19(2)15-18)35-30(37)28-20(3)34-32-36(29(28)21-10-12-23(39-4)13-11-21)31(38)27(40-32)16-22-17-33-26-8-6-5-7-24(22)26/h5-17,29,33H,1-4H3,(H,35,37)/b27-16+/t29-/m0/s1. The van der Waals surface area contributed by atoms with Crippen LogP contribution in [0.25, 0.3) is 17.0 Å². The van der Waals surface area contributed by atoms with Gasteiger partial charge in [-0.25, -0.2) is 4.99 Å². The Hall–Kier alpha value is -4.69. The number of anilines is 1. The Kier molecular flexibility index (Phi) is 6.48. The minimum absolute atomic E-state index is 0.195. The van der Waals surface area contributed by atoms with E-state index in [-0.39, 0.29) is 11.5 Å². The predicted octanol–water partition coefficient (Wildman–Crippen LogP) is 4.98. The van der Waals surface area contributed by atoms with Gasteiger partial charge in [0, 0.05) is 28.4 Å². The summed E-state index contributed by atoms with van der Waals surface area (Å²) in [6, 6.07) is 20.7. The Labute approximate surface area is 234 Å². The first-order valence-electron chi connectivity index (χ1n) is 13.0. The highest BCUT2D eigenvalue weighted by Gasteiger charge is 2.32. The van der Waals surface area contributed by atoms with Crippen molar-refractivity contribution in [1.29, 1.82) is 0 Å². The van der Waals surface area contributed by atoms with E-state index in [1.807, 2.05) is 99.8 Å². The quantitative estimate of drug-likeness (QED) is 0.325. The molecule has 200 valence electrons. The van der Waals surface area contributed by atoms with Crippen molar-refractivity contribution in [3.05, 3.63) is 126 Å². The van der Waals surface area contributed by atoms with Gasteiger partial charge in [-0.2, -0.15) is 0 Å². The van der Waals surface area contributed by atoms with E-state index >= 15 is 0 Å². The number of nitrogens with zero attached hydrogens (tertiary/aromatic N) is 2. The van der Waals surface area contributed by atoms with Gasteiger partial charge in [0.1, 0.15) is 5.75 Å². The lowest BCUT2D eigenvalue weighted by Gasteiger charge is -2.25. The van der Waals surface area contributed by atoms with Crippen molar-refractivity contribution in [1.82, 2.24) is 9.55 Å². The van der Waals surface area contributed by atoms with Gasteiger partial charge >= 0.3 is 0 Å². The summed E-state index contributed by atoms with van der Waals surface area (Å²) >= 11 is 1.32. The van der Waals surface area contributed by atoms with Crippen LogP contribution in [0, 0.1) is 13.8 Å². The number of fused-ring (bicyclic) bond motifs is 2. The molecule has 0 aliphatic carbocycles. The number of nitrogens with one attached hydrogen (secondary N) is 2. The number of aromatic amines is 1. The molecule has 3 aromatic carbocycles. The largest absolute Gasteiger partial charge is 0.497 e. The number of rotatable bonds is 5. The SMILES string of the molecule is COc1ccc([C@H]2C(C(=O)Nc3ccc(C)cc3C)=C(C)N=c3s/c(=C/c4c[nH]c5ccccc45)c(=O)n32)cc1. The maximum Gasteiger partial charge on any atom is 0.271 e. The average Bonchev–Trinajstić information content (AvgIpc) is 3.50. The van der Waals surface area contributed by atoms with Crippen LogP contribution in [0.2, 0.25) is 0 Å². The van der Waals surface area contributed by atoms with Gasteiger partial charge in [0.15, 0.2) is 4.80 Å². The van der Waals surface area contributed by atoms with Gasteiger partial charge in [0.2, 0.25) is 0 Å².